The number of hydrogen-bond acceptors (Lipinski definition) is 4. The topological polar surface area (TPSA) is 86.5 Å². The highest BCUT2D eigenvalue weighted by molar-refractivity contribution is 6.17. The summed E-state index contributed by atoms with van der Waals surface area (Å²) in [6, 6.07) is 21.0. The first-order valence-corrected chi connectivity index (χ1v) is 8.56. The number of ketones is 1. The lowest BCUT2D eigenvalue weighted by atomic mass is 10.0. The zero-order valence-electron chi connectivity index (χ0n) is 14.2. The van der Waals surface area contributed by atoms with Gasteiger partial charge in [0.1, 0.15) is 5.69 Å². The van der Waals surface area contributed by atoms with Crippen molar-refractivity contribution < 1.29 is 4.79 Å². The Morgan fingerprint density at radius 1 is 0.889 bits per heavy atom. The average Bonchev–Trinajstić information content (AvgIpc) is 3.34. The molecule has 0 saturated carbocycles. The molecule has 2 aromatic heterocycles. The van der Waals surface area contributed by atoms with Crippen molar-refractivity contribution in [3.05, 3.63) is 84.2 Å². The van der Waals surface area contributed by atoms with Crippen LogP contribution in [0.1, 0.15) is 16.1 Å². The van der Waals surface area contributed by atoms with E-state index >= 15 is 0 Å². The van der Waals surface area contributed by atoms with Crippen molar-refractivity contribution in [2.45, 2.75) is 0 Å². The highest BCUT2D eigenvalue weighted by Gasteiger charge is 2.19. The third-order valence-electron chi connectivity index (χ3n) is 4.58. The van der Waals surface area contributed by atoms with Gasteiger partial charge in [-0.05, 0) is 36.4 Å². The smallest absolute Gasteiger partial charge is 0.215 e. The Labute approximate surface area is 154 Å². The Bertz CT molecular complexity index is 1280. The van der Waals surface area contributed by atoms with Crippen LogP contribution in [0.4, 0.5) is 11.4 Å². The van der Waals surface area contributed by atoms with Crippen LogP contribution in [-0.4, -0.2) is 26.2 Å². The van der Waals surface area contributed by atoms with Gasteiger partial charge < -0.3 is 5.32 Å². The van der Waals surface area contributed by atoms with E-state index in [1.54, 1.807) is 6.20 Å². The fraction of sp³-hybridized carbons (Fsp3) is 0. The molecule has 0 atom stereocenters. The standard InChI is InChI=1S/C21H15N5O/c27-21(20-15-5-1-4-8-18(15)25-26-20)16-6-2-3-7-17(16)23-14-10-9-13-12-22-24-19(13)11-14/h1-12,23H,(H,22,24)(H,25,26). The first kappa shape index (κ1) is 15.3. The lowest BCUT2D eigenvalue weighted by Crippen LogP contribution is -2.06. The number of benzene rings is 3. The Kier molecular flexibility index (Phi) is 3.47. The van der Waals surface area contributed by atoms with Gasteiger partial charge in [0, 0.05) is 27.7 Å². The van der Waals surface area contributed by atoms with Gasteiger partial charge >= 0.3 is 0 Å². The summed E-state index contributed by atoms with van der Waals surface area (Å²) < 4.78 is 0. The molecule has 0 aliphatic rings. The maximum absolute atomic E-state index is 13.2. The van der Waals surface area contributed by atoms with E-state index in [0.717, 1.165) is 33.2 Å². The quantitative estimate of drug-likeness (QED) is 0.418. The zero-order chi connectivity index (χ0) is 18.2. The molecule has 3 aromatic carbocycles. The SMILES string of the molecule is O=C(c1ccccc1Nc1ccc2cn[nH]c2c1)c1n[nH]c2ccccc12. The van der Waals surface area contributed by atoms with E-state index in [1.807, 2.05) is 66.7 Å². The number of rotatable bonds is 4. The van der Waals surface area contributed by atoms with Crippen LogP contribution in [0.2, 0.25) is 0 Å². The second-order valence-electron chi connectivity index (χ2n) is 6.29. The molecule has 0 bridgehead atoms. The van der Waals surface area contributed by atoms with Crippen molar-refractivity contribution in [2.75, 3.05) is 5.32 Å². The van der Waals surface area contributed by atoms with Gasteiger partial charge in [0.05, 0.1) is 17.2 Å². The normalized spacial score (nSPS) is 11.1. The predicted octanol–water partition coefficient (Wildman–Crippen LogP) is 4.41. The van der Waals surface area contributed by atoms with Gasteiger partial charge in [0.25, 0.3) is 0 Å². The van der Waals surface area contributed by atoms with Crippen molar-refractivity contribution in [2.24, 2.45) is 0 Å². The first-order chi connectivity index (χ1) is 13.3. The monoisotopic (exact) mass is 353 g/mol. The van der Waals surface area contributed by atoms with Crippen molar-refractivity contribution in [1.29, 1.82) is 0 Å². The summed E-state index contributed by atoms with van der Waals surface area (Å²) >= 11 is 0. The van der Waals surface area contributed by atoms with Crippen molar-refractivity contribution in [1.82, 2.24) is 20.4 Å². The molecule has 2 heterocycles. The van der Waals surface area contributed by atoms with Crippen LogP contribution in [0.3, 0.4) is 0 Å². The molecule has 0 spiro atoms. The van der Waals surface area contributed by atoms with Gasteiger partial charge in [-0.15, -0.1) is 0 Å². The molecule has 6 nitrogen and oxygen atoms in total. The fourth-order valence-corrected chi connectivity index (χ4v) is 3.22. The average molecular weight is 353 g/mol. The van der Waals surface area contributed by atoms with Crippen LogP contribution in [0.25, 0.3) is 21.8 Å². The van der Waals surface area contributed by atoms with E-state index in [1.165, 1.54) is 0 Å². The Balaban J connectivity index is 1.54. The number of anilines is 2. The first-order valence-electron chi connectivity index (χ1n) is 8.56. The lowest BCUT2D eigenvalue weighted by Gasteiger charge is -2.11. The summed E-state index contributed by atoms with van der Waals surface area (Å²) in [5.74, 6) is -0.127. The van der Waals surface area contributed by atoms with Gasteiger partial charge in [-0.25, -0.2) is 0 Å². The molecule has 0 radical (unpaired) electrons. The van der Waals surface area contributed by atoms with Crippen LogP contribution < -0.4 is 5.32 Å². The summed E-state index contributed by atoms with van der Waals surface area (Å²) in [6.07, 6.45) is 1.78. The Morgan fingerprint density at radius 2 is 1.74 bits per heavy atom. The molecule has 130 valence electrons. The van der Waals surface area contributed by atoms with Gasteiger partial charge in [0.15, 0.2) is 0 Å². The predicted molar refractivity (Wildman–Crippen MR) is 105 cm³/mol. The molecular formula is C21H15N5O. The van der Waals surface area contributed by atoms with Crippen molar-refractivity contribution in [3.63, 3.8) is 0 Å². The van der Waals surface area contributed by atoms with E-state index in [9.17, 15) is 4.79 Å². The third kappa shape index (κ3) is 2.64. The minimum absolute atomic E-state index is 0.127. The highest BCUT2D eigenvalue weighted by Crippen LogP contribution is 2.26. The van der Waals surface area contributed by atoms with Gasteiger partial charge in [-0.1, -0.05) is 30.3 Å². The number of nitrogens with one attached hydrogen (secondary N) is 3. The number of nitrogens with zero attached hydrogens (tertiary/aromatic N) is 2. The second kappa shape index (κ2) is 6.10. The fourth-order valence-electron chi connectivity index (χ4n) is 3.22. The number of fused-ring (bicyclic) bond motifs is 2. The Hall–Kier alpha value is -3.93. The molecule has 0 fully saturated rings. The van der Waals surface area contributed by atoms with Crippen LogP contribution in [-0.2, 0) is 0 Å². The zero-order valence-corrected chi connectivity index (χ0v) is 14.2. The molecule has 0 aliphatic heterocycles. The summed E-state index contributed by atoms with van der Waals surface area (Å²) in [5.41, 5.74) is 4.37. The number of aromatic nitrogens is 4. The number of aromatic amines is 2. The molecule has 5 aromatic rings. The molecule has 0 saturated heterocycles. The second-order valence-corrected chi connectivity index (χ2v) is 6.29. The van der Waals surface area contributed by atoms with Crippen LogP contribution in [0, 0.1) is 0 Å². The van der Waals surface area contributed by atoms with Crippen LogP contribution in [0.15, 0.2) is 72.9 Å². The van der Waals surface area contributed by atoms with E-state index in [0.29, 0.717) is 11.3 Å². The van der Waals surface area contributed by atoms with Crippen LogP contribution >= 0.6 is 0 Å². The Morgan fingerprint density at radius 3 is 2.70 bits per heavy atom. The molecular weight excluding hydrogens is 338 g/mol. The summed E-state index contributed by atoms with van der Waals surface area (Å²) in [5, 5.41) is 19.3. The van der Waals surface area contributed by atoms with Gasteiger partial charge in [-0.3, -0.25) is 15.0 Å². The largest absolute Gasteiger partial charge is 0.355 e. The molecule has 6 heteroatoms. The number of H-pyrrole nitrogens is 2. The minimum Gasteiger partial charge on any atom is -0.355 e. The molecule has 0 aliphatic carbocycles. The summed E-state index contributed by atoms with van der Waals surface area (Å²) in [7, 11) is 0. The molecule has 0 amide bonds. The molecule has 27 heavy (non-hydrogen) atoms. The number of carbonyl (C=O) groups excluding carboxylic acids is 1. The number of para-hydroxylation sites is 2. The van der Waals surface area contributed by atoms with E-state index in [2.05, 4.69) is 25.7 Å². The van der Waals surface area contributed by atoms with Gasteiger partial charge in [0.2, 0.25) is 5.78 Å². The summed E-state index contributed by atoms with van der Waals surface area (Å²) in [4.78, 5) is 13.2. The lowest BCUT2D eigenvalue weighted by molar-refractivity contribution is 0.103. The molecule has 5 rings (SSSR count). The summed E-state index contributed by atoms with van der Waals surface area (Å²) in [6.45, 7) is 0. The van der Waals surface area contributed by atoms with Crippen molar-refractivity contribution >= 4 is 39.0 Å². The maximum atomic E-state index is 13.2. The third-order valence-corrected chi connectivity index (χ3v) is 4.58. The van der Waals surface area contributed by atoms with Crippen molar-refractivity contribution in [3.8, 4) is 0 Å². The number of carbonyl (C=O) groups is 1. The van der Waals surface area contributed by atoms with E-state index in [-0.39, 0.29) is 5.78 Å². The maximum Gasteiger partial charge on any atom is 0.215 e. The van der Waals surface area contributed by atoms with E-state index < -0.39 is 0 Å². The minimum atomic E-state index is -0.127. The highest BCUT2D eigenvalue weighted by atomic mass is 16.1. The van der Waals surface area contributed by atoms with Crippen LogP contribution in [0.5, 0.6) is 0 Å². The molecule has 0 unspecified atom stereocenters. The molecule has 3 N–H and O–H groups in total. The van der Waals surface area contributed by atoms with E-state index in [4.69, 9.17) is 0 Å². The van der Waals surface area contributed by atoms with Gasteiger partial charge in [-0.2, -0.15) is 10.2 Å². The number of hydrogen-bond donors (Lipinski definition) is 3.